The number of hydrogen-bond acceptors (Lipinski definition) is 6. The van der Waals surface area contributed by atoms with Gasteiger partial charge >= 0.3 is 0 Å². The largest absolute Gasteiger partial charge is 0.496 e. The summed E-state index contributed by atoms with van der Waals surface area (Å²) in [6.07, 6.45) is 1.72. The summed E-state index contributed by atoms with van der Waals surface area (Å²) in [7, 11) is 4.64. The summed E-state index contributed by atoms with van der Waals surface area (Å²) in [6.45, 7) is 2.57. The first-order chi connectivity index (χ1) is 12.2. The van der Waals surface area contributed by atoms with Gasteiger partial charge in [0, 0.05) is 31.1 Å². The van der Waals surface area contributed by atoms with Crippen LogP contribution >= 0.6 is 0 Å². The molecule has 0 aliphatic carbocycles. The normalized spacial score (nSPS) is 21.2. The molecular weight excluding hydrogens is 326 g/mol. The lowest BCUT2D eigenvalue weighted by Gasteiger charge is -2.35. The van der Waals surface area contributed by atoms with Crippen molar-refractivity contribution in [1.29, 1.82) is 0 Å². The molecule has 2 heterocycles. The van der Waals surface area contributed by atoms with E-state index in [-0.39, 0.29) is 18.1 Å². The standard InChI is InChI=1S/C18H25NO6/c1-21-14-10-16(23-3)15(22-2)9-13(14)17(20)19-6-4-5-12(11-19)18-24-7-8-25-18/h9-10,12,18H,4-8,11H2,1-3H3. The van der Waals surface area contributed by atoms with Crippen molar-refractivity contribution in [2.24, 2.45) is 5.92 Å². The van der Waals surface area contributed by atoms with E-state index in [1.807, 2.05) is 4.90 Å². The van der Waals surface area contributed by atoms with Gasteiger partial charge < -0.3 is 28.6 Å². The highest BCUT2D eigenvalue weighted by molar-refractivity contribution is 5.98. The summed E-state index contributed by atoms with van der Waals surface area (Å²) < 4.78 is 27.2. The quantitative estimate of drug-likeness (QED) is 0.808. The predicted octanol–water partition coefficient (Wildman–Crippen LogP) is 1.94. The monoisotopic (exact) mass is 351 g/mol. The van der Waals surface area contributed by atoms with Crippen molar-refractivity contribution in [3.8, 4) is 17.2 Å². The molecular formula is C18H25NO6. The van der Waals surface area contributed by atoms with Gasteiger partial charge in [-0.25, -0.2) is 0 Å². The summed E-state index contributed by atoms with van der Waals surface area (Å²) in [5, 5.41) is 0. The average Bonchev–Trinajstić information content (AvgIpc) is 3.21. The van der Waals surface area contributed by atoms with E-state index >= 15 is 0 Å². The van der Waals surface area contributed by atoms with Crippen LogP contribution < -0.4 is 14.2 Å². The molecule has 1 aromatic carbocycles. The van der Waals surface area contributed by atoms with Crippen molar-refractivity contribution in [3.63, 3.8) is 0 Å². The molecule has 138 valence electrons. The molecule has 0 aromatic heterocycles. The number of rotatable bonds is 5. The van der Waals surface area contributed by atoms with Crippen molar-refractivity contribution >= 4 is 5.91 Å². The summed E-state index contributed by atoms with van der Waals surface area (Å²) in [6, 6.07) is 3.35. The minimum atomic E-state index is -0.206. The van der Waals surface area contributed by atoms with Crippen LogP contribution in [0.1, 0.15) is 23.2 Å². The van der Waals surface area contributed by atoms with Crippen molar-refractivity contribution in [2.45, 2.75) is 19.1 Å². The van der Waals surface area contributed by atoms with E-state index < -0.39 is 0 Å². The topological polar surface area (TPSA) is 66.5 Å². The number of nitrogens with zero attached hydrogens (tertiary/aromatic N) is 1. The number of piperidine rings is 1. The lowest BCUT2D eigenvalue weighted by molar-refractivity contribution is -0.0969. The number of ether oxygens (including phenoxy) is 5. The SMILES string of the molecule is COc1cc(OC)c(C(=O)N2CCCC(C3OCCO3)C2)cc1OC. The third-order valence-electron chi connectivity index (χ3n) is 4.71. The van der Waals surface area contributed by atoms with E-state index in [9.17, 15) is 4.79 Å². The fourth-order valence-electron chi connectivity index (χ4n) is 3.43. The number of likely N-dealkylation sites (tertiary alicyclic amines) is 1. The molecule has 2 saturated heterocycles. The Balaban J connectivity index is 1.81. The van der Waals surface area contributed by atoms with Gasteiger partial charge in [0.25, 0.3) is 5.91 Å². The Kier molecular flexibility index (Phi) is 5.65. The second-order valence-corrected chi connectivity index (χ2v) is 6.17. The molecule has 2 fully saturated rings. The Morgan fingerprint density at radius 3 is 2.32 bits per heavy atom. The maximum Gasteiger partial charge on any atom is 0.257 e. The van der Waals surface area contributed by atoms with Crippen LogP contribution in [0, 0.1) is 5.92 Å². The van der Waals surface area contributed by atoms with Crippen LogP contribution in [0.2, 0.25) is 0 Å². The van der Waals surface area contributed by atoms with Gasteiger partial charge in [0.15, 0.2) is 17.8 Å². The Morgan fingerprint density at radius 1 is 1.04 bits per heavy atom. The number of amides is 1. The van der Waals surface area contributed by atoms with E-state index in [2.05, 4.69) is 0 Å². The fraction of sp³-hybridized carbons (Fsp3) is 0.611. The van der Waals surface area contributed by atoms with Crippen molar-refractivity contribution in [3.05, 3.63) is 17.7 Å². The van der Waals surface area contributed by atoms with Crippen LogP contribution in [-0.2, 0) is 9.47 Å². The van der Waals surface area contributed by atoms with Gasteiger partial charge in [-0.3, -0.25) is 4.79 Å². The molecule has 7 nitrogen and oxygen atoms in total. The second-order valence-electron chi connectivity index (χ2n) is 6.17. The van der Waals surface area contributed by atoms with Crippen LogP contribution in [0.15, 0.2) is 12.1 Å². The molecule has 0 spiro atoms. The average molecular weight is 351 g/mol. The van der Waals surface area contributed by atoms with E-state index in [0.717, 1.165) is 12.8 Å². The Morgan fingerprint density at radius 2 is 1.68 bits per heavy atom. The summed E-state index contributed by atoms with van der Waals surface area (Å²) in [5.74, 6) is 1.62. The maximum atomic E-state index is 13.1. The van der Waals surface area contributed by atoms with Crippen LogP contribution in [0.25, 0.3) is 0 Å². The fourth-order valence-corrected chi connectivity index (χ4v) is 3.43. The minimum absolute atomic E-state index is 0.0829. The molecule has 25 heavy (non-hydrogen) atoms. The molecule has 7 heteroatoms. The zero-order chi connectivity index (χ0) is 17.8. The second kappa shape index (κ2) is 7.93. The third-order valence-corrected chi connectivity index (χ3v) is 4.71. The van der Waals surface area contributed by atoms with Gasteiger partial charge in [-0.05, 0) is 12.8 Å². The van der Waals surface area contributed by atoms with Crippen molar-refractivity contribution in [2.75, 3.05) is 47.6 Å². The Hall–Kier alpha value is -1.99. The van der Waals surface area contributed by atoms with Crippen LogP contribution in [-0.4, -0.2) is 64.7 Å². The van der Waals surface area contributed by atoms with E-state index in [0.29, 0.717) is 49.1 Å². The highest BCUT2D eigenvalue weighted by Gasteiger charge is 2.34. The first-order valence-electron chi connectivity index (χ1n) is 8.50. The number of carbonyl (C=O) groups excluding carboxylic acids is 1. The van der Waals surface area contributed by atoms with Gasteiger partial charge in [-0.1, -0.05) is 0 Å². The predicted molar refractivity (Wildman–Crippen MR) is 90.4 cm³/mol. The van der Waals surface area contributed by atoms with Crippen molar-refractivity contribution < 1.29 is 28.5 Å². The first-order valence-corrected chi connectivity index (χ1v) is 8.50. The summed E-state index contributed by atoms with van der Waals surface area (Å²) in [4.78, 5) is 14.9. The number of carbonyl (C=O) groups is 1. The highest BCUT2D eigenvalue weighted by Crippen LogP contribution is 2.36. The number of hydrogen-bond donors (Lipinski definition) is 0. The van der Waals surface area contributed by atoms with E-state index in [4.69, 9.17) is 23.7 Å². The lowest BCUT2D eigenvalue weighted by atomic mass is 9.96. The highest BCUT2D eigenvalue weighted by atomic mass is 16.7. The first kappa shape index (κ1) is 17.8. The lowest BCUT2D eigenvalue weighted by Crippen LogP contribution is -2.43. The van der Waals surface area contributed by atoms with Crippen molar-refractivity contribution in [1.82, 2.24) is 4.90 Å². The molecule has 1 amide bonds. The molecule has 0 N–H and O–H groups in total. The molecule has 0 radical (unpaired) electrons. The smallest absolute Gasteiger partial charge is 0.257 e. The molecule has 3 rings (SSSR count). The molecule has 2 aliphatic rings. The minimum Gasteiger partial charge on any atom is -0.496 e. The number of benzene rings is 1. The molecule has 1 unspecified atom stereocenters. The van der Waals surface area contributed by atoms with Gasteiger partial charge in [0.05, 0.1) is 40.1 Å². The molecule has 2 aliphatic heterocycles. The zero-order valence-electron chi connectivity index (χ0n) is 14.9. The molecule has 0 saturated carbocycles. The van der Waals surface area contributed by atoms with Gasteiger partial charge in [-0.15, -0.1) is 0 Å². The summed E-state index contributed by atoms with van der Waals surface area (Å²) in [5.41, 5.74) is 0.467. The van der Waals surface area contributed by atoms with Crippen LogP contribution in [0.5, 0.6) is 17.2 Å². The van der Waals surface area contributed by atoms with Gasteiger partial charge in [0.2, 0.25) is 0 Å². The molecule has 0 bridgehead atoms. The summed E-state index contributed by atoms with van der Waals surface area (Å²) >= 11 is 0. The number of methoxy groups -OCH3 is 3. The van der Waals surface area contributed by atoms with Gasteiger partial charge in [0.1, 0.15) is 5.75 Å². The Labute approximate surface area is 147 Å². The Bertz CT molecular complexity index is 614. The zero-order valence-corrected chi connectivity index (χ0v) is 14.9. The third kappa shape index (κ3) is 3.67. The van der Waals surface area contributed by atoms with Gasteiger partial charge in [-0.2, -0.15) is 0 Å². The van der Waals surface area contributed by atoms with E-state index in [1.165, 1.54) is 7.11 Å². The van der Waals surface area contributed by atoms with Crippen LogP contribution in [0.3, 0.4) is 0 Å². The van der Waals surface area contributed by atoms with Crippen LogP contribution in [0.4, 0.5) is 0 Å². The maximum absolute atomic E-state index is 13.1. The molecule has 1 atom stereocenters. The van der Waals surface area contributed by atoms with E-state index in [1.54, 1.807) is 26.4 Å². The molecule has 1 aromatic rings.